The summed E-state index contributed by atoms with van der Waals surface area (Å²) in [6, 6.07) is 6.32. The normalized spacial score (nSPS) is 13.3. The van der Waals surface area contributed by atoms with Crippen LogP contribution in [0.4, 0.5) is 8.78 Å². The highest BCUT2D eigenvalue weighted by Crippen LogP contribution is 2.35. The summed E-state index contributed by atoms with van der Waals surface area (Å²) in [5, 5.41) is 8.60. The van der Waals surface area contributed by atoms with Crippen molar-refractivity contribution in [2.75, 3.05) is 0 Å². The molecule has 1 aromatic carbocycles. The number of carbonyl (C=O) groups is 1. The van der Waals surface area contributed by atoms with Gasteiger partial charge in [0.1, 0.15) is 0 Å². The van der Waals surface area contributed by atoms with Gasteiger partial charge >= 0.3 is 5.97 Å². The van der Waals surface area contributed by atoms with Crippen molar-refractivity contribution in [3.8, 4) is 0 Å². The minimum Gasteiger partial charge on any atom is -0.481 e. The van der Waals surface area contributed by atoms with E-state index < -0.39 is 24.2 Å². The van der Waals surface area contributed by atoms with Crippen LogP contribution < -0.4 is 0 Å². The van der Waals surface area contributed by atoms with E-state index in [4.69, 9.17) is 5.11 Å². The van der Waals surface area contributed by atoms with Gasteiger partial charge in [0.05, 0.1) is 0 Å². The summed E-state index contributed by atoms with van der Waals surface area (Å²) in [5.74, 6) is -4.57. The molecule has 0 aliphatic rings. The average molecular weight is 270 g/mol. The van der Waals surface area contributed by atoms with Crippen molar-refractivity contribution >= 4 is 5.97 Å². The number of alkyl halides is 2. The van der Waals surface area contributed by atoms with Gasteiger partial charge in [0.15, 0.2) is 0 Å². The quantitative estimate of drug-likeness (QED) is 0.805. The highest BCUT2D eigenvalue weighted by Gasteiger charge is 2.33. The number of aryl methyl sites for hydroxylation is 1. The molecule has 0 aliphatic carbocycles. The van der Waals surface area contributed by atoms with E-state index in [0.717, 1.165) is 18.4 Å². The predicted molar refractivity (Wildman–Crippen MR) is 70.4 cm³/mol. The molecule has 0 saturated carbocycles. The SMILES string of the molecule is CCCc1ccc(C(F)(F)CC(C)CC(=O)O)cc1. The van der Waals surface area contributed by atoms with E-state index in [1.807, 2.05) is 6.92 Å². The summed E-state index contributed by atoms with van der Waals surface area (Å²) in [4.78, 5) is 10.5. The third kappa shape index (κ3) is 4.97. The molecule has 0 amide bonds. The van der Waals surface area contributed by atoms with Crippen LogP contribution in [0.25, 0.3) is 0 Å². The standard InChI is InChI=1S/C15H20F2O2/c1-3-4-12-5-7-13(8-6-12)15(16,17)10-11(2)9-14(18)19/h5-8,11H,3-4,9-10H2,1-2H3,(H,18,19). The summed E-state index contributed by atoms with van der Waals surface area (Å²) in [5.41, 5.74) is 1.00. The molecule has 0 fully saturated rings. The smallest absolute Gasteiger partial charge is 0.303 e. The van der Waals surface area contributed by atoms with E-state index in [0.29, 0.717) is 0 Å². The summed E-state index contributed by atoms with van der Waals surface area (Å²) in [6.07, 6.45) is 1.18. The zero-order valence-corrected chi connectivity index (χ0v) is 11.3. The lowest BCUT2D eigenvalue weighted by molar-refractivity contribution is -0.138. The van der Waals surface area contributed by atoms with E-state index in [2.05, 4.69) is 0 Å². The molecule has 0 bridgehead atoms. The molecule has 0 radical (unpaired) electrons. The van der Waals surface area contributed by atoms with Gasteiger partial charge in [0, 0.05) is 18.4 Å². The maximum absolute atomic E-state index is 14.0. The van der Waals surface area contributed by atoms with Gasteiger partial charge in [-0.25, -0.2) is 8.78 Å². The number of hydrogen-bond donors (Lipinski definition) is 1. The van der Waals surface area contributed by atoms with Gasteiger partial charge in [0.25, 0.3) is 5.92 Å². The zero-order chi connectivity index (χ0) is 14.5. The zero-order valence-electron chi connectivity index (χ0n) is 11.3. The number of carboxylic acids is 1. The number of rotatable bonds is 7. The monoisotopic (exact) mass is 270 g/mol. The third-order valence-electron chi connectivity index (χ3n) is 3.04. The van der Waals surface area contributed by atoms with Crippen molar-refractivity contribution in [3.05, 3.63) is 35.4 Å². The third-order valence-corrected chi connectivity index (χ3v) is 3.04. The Labute approximate surface area is 112 Å². The molecular formula is C15H20F2O2. The second kappa shape index (κ2) is 6.64. The Morgan fingerprint density at radius 1 is 1.32 bits per heavy atom. The average Bonchev–Trinajstić information content (AvgIpc) is 2.28. The molecule has 1 unspecified atom stereocenters. The topological polar surface area (TPSA) is 37.3 Å². The maximum atomic E-state index is 14.0. The molecule has 19 heavy (non-hydrogen) atoms. The van der Waals surface area contributed by atoms with Gasteiger partial charge in [-0.1, -0.05) is 44.5 Å². The first-order valence-electron chi connectivity index (χ1n) is 6.54. The fourth-order valence-electron chi connectivity index (χ4n) is 2.13. The molecule has 106 valence electrons. The van der Waals surface area contributed by atoms with Crippen molar-refractivity contribution in [1.29, 1.82) is 0 Å². The number of aliphatic carboxylic acids is 1. The number of benzene rings is 1. The Kier molecular flexibility index (Phi) is 5.45. The van der Waals surface area contributed by atoms with Crippen LogP contribution in [0.5, 0.6) is 0 Å². The first kappa shape index (κ1) is 15.6. The van der Waals surface area contributed by atoms with Crippen LogP contribution in [-0.2, 0) is 17.1 Å². The van der Waals surface area contributed by atoms with Gasteiger partial charge in [-0.15, -0.1) is 0 Å². The van der Waals surface area contributed by atoms with Crippen LogP contribution in [0.2, 0.25) is 0 Å². The van der Waals surface area contributed by atoms with E-state index in [1.165, 1.54) is 19.1 Å². The first-order valence-corrected chi connectivity index (χ1v) is 6.54. The summed E-state index contributed by atoms with van der Waals surface area (Å²) in [6.45, 7) is 3.57. The Balaban J connectivity index is 2.72. The Bertz CT molecular complexity index is 413. The highest BCUT2D eigenvalue weighted by atomic mass is 19.3. The van der Waals surface area contributed by atoms with E-state index in [-0.39, 0.29) is 12.0 Å². The number of hydrogen-bond acceptors (Lipinski definition) is 1. The Morgan fingerprint density at radius 2 is 1.89 bits per heavy atom. The highest BCUT2D eigenvalue weighted by molar-refractivity contribution is 5.66. The van der Waals surface area contributed by atoms with Gasteiger partial charge in [-0.3, -0.25) is 4.79 Å². The van der Waals surface area contributed by atoms with Gasteiger partial charge in [-0.05, 0) is 17.9 Å². The molecular weight excluding hydrogens is 250 g/mol. The fraction of sp³-hybridized carbons (Fsp3) is 0.533. The molecule has 1 aromatic rings. The fourth-order valence-corrected chi connectivity index (χ4v) is 2.13. The van der Waals surface area contributed by atoms with Crippen LogP contribution in [0.1, 0.15) is 44.2 Å². The number of halogens is 2. The largest absolute Gasteiger partial charge is 0.481 e. The molecule has 1 N–H and O–H groups in total. The minimum atomic E-state index is -2.97. The maximum Gasteiger partial charge on any atom is 0.303 e. The lowest BCUT2D eigenvalue weighted by atomic mass is 9.94. The summed E-state index contributed by atoms with van der Waals surface area (Å²) < 4.78 is 28.0. The predicted octanol–water partition coefficient (Wildman–Crippen LogP) is 4.23. The van der Waals surface area contributed by atoms with Gasteiger partial charge < -0.3 is 5.11 Å². The van der Waals surface area contributed by atoms with E-state index in [1.54, 1.807) is 12.1 Å². The van der Waals surface area contributed by atoms with Crippen LogP contribution in [0.15, 0.2) is 24.3 Å². The van der Waals surface area contributed by atoms with Crippen molar-refractivity contribution in [1.82, 2.24) is 0 Å². The lowest BCUT2D eigenvalue weighted by Crippen LogP contribution is -2.19. The molecule has 1 atom stereocenters. The van der Waals surface area contributed by atoms with E-state index >= 15 is 0 Å². The molecule has 0 spiro atoms. The second-order valence-electron chi connectivity index (χ2n) is 5.06. The molecule has 0 aromatic heterocycles. The van der Waals surface area contributed by atoms with Crippen molar-refractivity contribution in [2.45, 2.75) is 45.5 Å². The second-order valence-corrected chi connectivity index (χ2v) is 5.06. The molecule has 4 heteroatoms. The molecule has 0 heterocycles. The van der Waals surface area contributed by atoms with Crippen LogP contribution in [0.3, 0.4) is 0 Å². The van der Waals surface area contributed by atoms with Gasteiger partial charge in [-0.2, -0.15) is 0 Å². The molecule has 0 aliphatic heterocycles. The minimum absolute atomic E-state index is 0.0374. The Hall–Kier alpha value is -1.45. The Morgan fingerprint density at radius 3 is 2.37 bits per heavy atom. The summed E-state index contributed by atoms with van der Waals surface area (Å²) in [7, 11) is 0. The first-order chi connectivity index (χ1) is 8.85. The summed E-state index contributed by atoms with van der Waals surface area (Å²) >= 11 is 0. The number of carboxylic acid groups (broad SMARTS) is 1. The van der Waals surface area contributed by atoms with Gasteiger partial charge in [0.2, 0.25) is 0 Å². The molecule has 2 nitrogen and oxygen atoms in total. The van der Waals surface area contributed by atoms with E-state index in [9.17, 15) is 13.6 Å². The molecule has 1 rings (SSSR count). The molecule has 0 saturated heterocycles. The van der Waals surface area contributed by atoms with Crippen molar-refractivity contribution in [3.63, 3.8) is 0 Å². The van der Waals surface area contributed by atoms with Crippen molar-refractivity contribution in [2.24, 2.45) is 5.92 Å². The van der Waals surface area contributed by atoms with Crippen LogP contribution in [0, 0.1) is 5.92 Å². The van der Waals surface area contributed by atoms with Crippen molar-refractivity contribution < 1.29 is 18.7 Å². The lowest BCUT2D eigenvalue weighted by Gasteiger charge is -2.20. The van der Waals surface area contributed by atoms with Crippen LogP contribution >= 0.6 is 0 Å². The van der Waals surface area contributed by atoms with Crippen LogP contribution in [-0.4, -0.2) is 11.1 Å².